The SMILES string of the molecule is CC(NC(=O)C(CO)NC(=O)C(N)C(C)C)C(=O)NC(CCC(N)=O)C(=O)O. The zero-order chi connectivity index (χ0) is 22.0. The highest BCUT2D eigenvalue weighted by atomic mass is 16.4. The number of aliphatic carboxylic acids is 1. The fraction of sp³-hybridized carbons (Fsp3) is 0.688. The highest BCUT2D eigenvalue weighted by molar-refractivity contribution is 5.94. The van der Waals surface area contributed by atoms with Gasteiger partial charge in [-0.3, -0.25) is 19.2 Å². The number of carbonyl (C=O) groups excluding carboxylic acids is 4. The molecule has 0 radical (unpaired) electrons. The Labute approximate surface area is 162 Å². The van der Waals surface area contributed by atoms with Gasteiger partial charge in [0.1, 0.15) is 18.1 Å². The topological polar surface area (TPSA) is 214 Å². The number of primary amides is 1. The second-order valence-corrected chi connectivity index (χ2v) is 6.65. The molecular weight excluding hydrogens is 374 g/mol. The smallest absolute Gasteiger partial charge is 0.326 e. The van der Waals surface area contributed by atoms with Gasteiger partial charge in [-0.05, 0) is 19.3 Å². The lowest BCUT2D eigenvalue weighted by Gasteiger charge is -2.23. The lowest BCUT2D eigenvalue weighted by atomic mass is 10.0. The molecule has 0 aromatic heterocycles. The molecule has 4 atom stereocenters. The van der Waals surface area contributed by atoms with E-state index >= 15 is 0 Å². The summed E-state index contributed by atoms with van der Waals surface area (Å²) in [7, 11) is 0. The monoisotopic (exact) mass is 403 g/mol. The summed E-state index contributed by atoms with van der Waals surface area (Å²) in [6.07, 6.45) is -0.452. The van der Waals surface area contributed by atoms with E-state index in [4.69, 9.17) is 16.6 Å². The number of aliphatic hydroxyl groups excluding tert-OH is 1. The minimum Gasteiger partial charge on any atom is -0.480 e. The molecule has 0 rings (SSSR count). The summed E-state index contributed by atoms with van der Waals surface area (Å²) < 4.78 is 0. The van der Waals surface area contributed by atoms with E-state index < -0.39 is 60.4 Å². The molecule has 28 heavy (non-hydrogen) atoms. The summed E-state index contributed by atoms with van der Waals surface area (Å²) in [5, 5.41) is 25.1. The number of nitrogens with two attached hydrogens (primary N) is 2. The van der Waals surface area contributed by atoms with Gasteiger partial charge in [-0.15, -0.1) is 0 Å². The first-order chi connectivity index (χ1) is 12.9. The fourth-order valence-electron chi connectivity index (χ4n) is 1.99. The number of hydrogen-bond acceptors (Lipinski definition) is 7. The highest BCUT2D eigenvalue weighted by Gasteiger charge is 2.28. The Morgan fingerprint density at radius 1 is 0.893 bits per heavy atom. The zero-order valence-corrected chi connectivity index (χ0v) is 16.1. The molecule has 0 aliphatic rings. The van der Waals surface area contributed by atoms with Crippen LogP contribution >= 0.6 is 0 Å². The summed E-state index contributed by atoms with van der Waals surface area (Å²) in [5.41, 5.74) is 10.6. The fourth-order valence-corrected chi connectivity index (χ4v) is 1.99. The van der Waals surface area contributed by atoms with Gasteiger partial charge in [0.15, 0.2) is 0 Å². The normalized spacial score (nSPS) is 15.1. The molecule has 0 aromatic rings. The van der Waals surface area contributed by atoms with Gasteiger partial charge < -0.3 is 37.6 Å². The van der Waals surface area contributed by atoms with Crippen LogP contribution in [0.1, 0.15) is 33.6 Å². The van der Waals surface area contributed by atoms with Crippen LogP contribution in [0.2, 0.25) is 0 Å². The van der Waals surface area contributed by atoms with Crippen molar-refractivity contribution in [1.29, 1.82) is 0 Å². The number of rotatable bonds is 12. The van der Waals surface area contributed by atoms with Crippen LogP contribution in [0.15, 0.2) is 0 Å². The van der Waals surface area contributed by atoms with Crippen molar-refractivity contribution in [2.75, 3.05) is 6.61 Å². The maximum absolute atomic E-state index is 12.2. The first-order valence-electron chi connectivity index (χ1n) is 8.69. The molecule has 0 aliphatic carbocycles. The Balaban J connectivity index is 4.82. The van der Waals surface area contributed by atoms with Gasteiger partial charge >= 0.3 is 5.97 Å². The molecule has 9 N–H and O–H groups in total. The summed E-state index contributed by atoms with van der Waals surface area (Å²) in [6, 6.07) is -4.76. The minimum absolute atomic E-state index is 0.194. The first-order valence-corrected chi connectivity index (χ1v) is 8.69. The Kier molecular flexibility index (Phi) is 10.7. The molecule has 0 heterocycles. The van der Waals surface area contributed by atoms with Crippen LogP contribution < -0.4 is 27.4 Å². The summed E-state index contributed by atoms with van der Waals surface area (Å²) in [4.78, 5) is 58.1. The predicted molar refractivity (Wildman–Crippen MR) is 97.4 cm³/mol. The van der Waals surface area contributed by atoms with E-state index in [-0.39, 0.29) is 18.8 Å². The van der Waals surface area contributed by atoms with Gasteiger partial charge in [0.2, 0.25) is 23.6 Å². The van der Waals surface area contributed by atoms with Gasteiger partial charge in [0.05, 0.1) is 12.6 Å². The van der Waals surface area contributed by atoms with E-state index in [1.807, 2.05) is 0 Å². The standard InChI is InChI=1S/C16H29N5O7/c1-7(2)12(18)15(26)21-10(6-22)14(25)19-8(3)13(24)20-9(16(27)28)4-5-11(17)23/h7-10,12,22H,4-6,18H2,1-3H3,(H2,17,23)(H,19,25)(H,20,24)(H,21,26)(H,27,28). The Hall–Kier alpha value is -2.73. The number of nitrogens with one attached hydrogen (secondary N) is 3. The maximum atomic E-state index is 12.2. The number of carbonyl (C=O) groups is 5. The second-order valence-electron chi connectivity index (χ2n) is 6.65. The van der Waals surface area contributed by atoms with E-state index in [1.165, 1.54) is 6.92 Å². The van der Waals surface area contributed by atoms with Gasteiger partial charge in [-0.25, -0.2) is 4.79 Å². The van der Waals surface area contributed by atoms with Crippen molar-refractivity contribution in [3.63, 3.8) is 0 Å². The number of carboxylic acid groups (broad SMARTS) is 1. The predicted octanol–water partition coefficient (Wildman–Crippen LogP) is -3.21. The summed E-state index contributed by atoms with van der Waals surface area (Å²) in [5.74, 6) is -4.59. The molecule has 160 valence electrons. The molecule has 0 bridgehead atoms. The third-order valence-electron chi connectivity index (χ3n) is 3.88. The molecule has 0 spiro atoms. The van der Waals surface area contributed by atoms with Gasteiger partial charge in [-0.1, -0.05) is 13.8 Å². The van der Waals surface area contributed by atoms with Crippen LogP contribution in [0.5, 0.6) is 0 Å². The van der Waals surface area contributed by atoms with Crippen LogP contribution in [-0.2, 0) is 24.0 Å². The largest absolute Gasteiger partial charge is 0.480 e. The lowest BCUT2D eigenvalue weighted by molar-refractivity contribution is -0.142. The zero-order valence-electron chi connectivity index (χ0n) is 16.1. The van der Waals surface area contributed by atoms with Crippen molar-refractivity contribution in [2.24, 2.45) is 17.4 Å². The third kappa shape index (κ3) is 8.77. The van der Waals surface area contributed by atoms with Crippen LogP contribution in [-0.4, -0.2) is 70.6 Å². The van der Waals surface area contributed by atoms with Crippen molar-refractivity contribution in [1.82, 2.24) is 16.0 Å². The Bertz CT molecular complexity index is 596. The molecule has 0 saturated carbocycles. The number of aliphatic hydroxyl groups is 1. The molecule has 0 aromatic carbocycles. The van der Waals surface area contributed by atoms with E-state index in [0.29, 0.717) is 0 Å². The van der Waals surface area contributed by atoms with E-state index in [2.05, 4.69) is 16.0 Å². The summed E-state index contributed by atoms with van der Waals surface area (Å²) >= 11 is 0. The molecule has 0 aliphatic heterocycles. The number of carboxylic acids is 1. The van der Waals surface area contributed by atoms with Gasteiger partial charge in [-0.2, -0.15) is 0 Å². The van der Waals surface area contributed by atoms with Crippen molar-refractivity contribution < 1.29 is 34.2 Å². The molecule has 4 amide bonds. The van der Waals surface area contributed by atoms with E-state index in [1.54, 1.807) is 13.8 Å². The Morgan fingerprint density at radius 2 is 1.43 bits per heavy atom. The molecule has 0 saturated heterocycles. The summed E-state index contributed by atoms with van der Waals surface area (Å²) in [6.45, 7) is 3.98. The number of amides is 4. The van der Waals surface area contributed by atoms with Gasteiger partial charge in [0, 0.05) is 6.42 Å². The molecule has 12 heteroatoms. The third-order valence-corrected chi connectivity index (χ3v) is 3.88. The van der Waals surface area contributed by atoms with Crippen LogP contribution in [0.3, 0.4) is 0 Å². The molecule has 12 nitrogen and oxygen atoms in total. The van der Waals surface area contributed by atoms with Crippen molar-refractivity contribution in [3.05, 3.63) is 0 Å². The highest BCUT2D eigenvalue weighted by Crippen LogP contribution is 2.00. The van der Waals surface area contributed by atoms with Crippen LogP contribution in [0.4, 0.5) is 0 Å². The maximum Gasteiger partial charge on any atom is 0.326 e. The Morgan fingerprint density at radius 3 is 1.86 bits per heavy atom. The number of hydrogen-bond donors (Lipinski definition) is 7. The van der Waals surface area contributed by atoms with Crippen LogP contribution in [0, 0.1) is 5.92 Å². The first kappa shape index (κ1) is 25.3. The average molecular weight is 403 g/mol. The molecule has 4 unspecified atom stereocenters. The van der Waals surface area contributed by atoms with Crippen molar-refractivity contribution in [3.8, 4) is 0 Å². The van der Waals surface area contributed by atoms with Crippen molar-refractivity contribution in [2.45, 2.75) is 57.8 Å². The van der Waals surface area contributed by atoms with Crippen LogP contribution in [0.25, 0.3) is 0 Å². The molecular formula is C16H29N5O7. The van der Waals surface area contributed by atoms with Gasteiger partial charge in [0.25, 0.3) is 0 Å². The minimum atomic E-state index is -1.36. The van der Waals surface area contributed by atoms with Crippen molar-refractivity contribution >= 4 is 29.6 Å². The quantitative estimate of drug-likeness (QED) is 0.175. The average Bonchev–Trinajstić information content (AvgIpc) is 2.60. The van der Waals surface area contributed by atoms with E-state index in [0.717, 1.165) is 0 Å². The molecule has 0 fully saturated rings. The second kappa shape index (κ2) is 11.9. The lowest BCUT2D eigenvalue weighted by Crippen LogP contribution is -2.57. The van der Waals surface area contributed by atoms with E-state index in [9.17, 15) is 29.1 Å².